The lowest BCUT2D eigenvalue weighted by atomic mass is 9.99. The summed E-state index contributed by atoms with van der Waals surface area (Å²) in [5, 5.41) is 3.70. The third-order valence-corrected chi connectivity index (χ3v) is 6.85. The molecule has 0 bridgehead atoms. The van der Waals surface area contributed by atoms with Crippen molar-refractivity contribution >= 4 is 27.6 Å². The van der Waals surface area contributed by atoms with Crippen LogP contribution in [0, 0.1) is 0 Å². The maximum absolute atomic E-state index is 11.6. The Morgan fingerprint density at radius 2 is 1.81 bits per heavy atom. The number of nitrogens with zero attached hydrogens (tertiary/aromatic N) is 2. The van der Waals surface area contributed by atoms with E-state index in [2.05, 4.69) is 58.1 Å². The van der Waals surface area contributed by atoms with Gasteiger partial charge >= 0.3 is 0 Å². The van der Waals surface area contributed by atoms with Crippen molar-refractivity contribution in [2.75, 3.05) is 26.7 Å². The predicted octanol–water partition coefficient (Wildman–Crippen LogP) is 4.78. The zero-order valence-electron chi connectivity index (χ0n) is 18.5. The van der Waals surface area contributed by atoms with Gasteiger partial charge in [0.15, 0.2) is 0 Å². The number of piperidine rings is 1. The number of carbonyl (C=O) groups is 1. The smallest absolute Gasteiger partial charge is 0.248 e. The minimum absolute atomic E-state index is 0.377. The van der Waals surface area contributed by atoms with Gasteiger partial charge in [0, 0.05) is 48.5 Å². The van der Waals surface area contributed by atoms with Gasteiger partial charge in [0.1, 0.15) is 5.75 Å². The number of likely N-dealkylation sites (tertiary alicyclic amines) is 1. The number of hydrogen-bond acceptors (Lipinski definition) is 3. The fraction of sp³-hybridized carbons (Fsp3) is 0.296. The number of aromatic nitrogens is 1. The van der Waals surface area contributed by atoms with Crippen molar-refractivity contribution in [1.82, 2.24) is 9.47 Å². The van der Waals surface area contributed by atoms with Gasteiger partial charge in [0.2, 0.25) is 5.91 Å². The number of carbonyl (C=O) groups excluding carboxylic acids is 1. The molecule has 3 aromatic carbocycles. The zero-order valence-corrected chi connectivity index (χ0v) is 18.5. The van der Waals surface area contributed by atoms with Crippen molar-refractivity contribution in [3.05, 3.63) is 78.0 Å². The Morgan fingerprint density at radius 3 is 2.59 bits per heavy atom. The summed E-state index contributed by atoms with van der Waals surface area (Å²) in [6, 6.07) is 21.0. The minimum atomic E-state index is -0.377. The molecule has 2 N–H and O–H groups in total. The largest absolute Gasteiger partial charge is 0.496 e. The third-order valence-electron chi connectivity index (χ3n) is 6.85. The van der Waals surface area contributed by atoms with Gasteiger partial charge in [-0.25, -0.2) is 0 Å². The average Bonchev–Trinajstić information content (AvgIpc) is 3.26. The minimum Gasteiger partial charge on any atom is -0.496 e. The molecule has 0 unspecified atom stereocenters. The number of methoxy groups -OCH3 is 1. The number of fused-ring (bicyclic) bond motifs is 2. The number of nitrogens with two attached hydrogens (primary N) is 1. The van der Waals surface area contributed by atoms with E-state index in [1.54, 1.807) is 13.2 Å². The maximum Gasteiger partial charge on any atom is 0.248 e. The number of benzene rings is 3. The summed E-state index contributed by atoms with van der Waals surface area (Å²) in [5.41, 5.74) is 8.45. The van der Waals surface area contributed by atoms with Crippen LogP contribution < -0.4 is 10.5 Å². The molecule has 5 nitrogen and oxygen atoms in total. The van der Waals surface area contributed by atoms with E-state index in [1.165, 1.54) is 16.3 Å². The molecule has 1 aliphatic rings. The highest BCUT2D eigenvalue weighted by Gasteiger charge is 2.22. The van der Waals surface area contributed by atoms with Crippen LogP contribution in [-0.4, -0.2) is 42.1 Å². The second-order valence-electron chi connectivity index (χ2n) is 8.65. The van der Waals surface area contributed by atoms with E-state index in [1.807, 2.05) is 12.1 Å². The van der Waals surface area contributed by atoms with Gasteiger partial charge in [-0.3, -0.25) is 4.79 Å². The van der Waals surface area contributed by atoms with Crippen LogP contribution in [0.1, 0.15) is 34.8 Å². The second-order valence-corrected chi connectivity index (χ2v) is 8.65. The predicted molar refractivity (Wildman–Crippen MR) is 129 cm³/mol. The topological polar surface area (TPSA) is 60.5 Å². The van der Waals surface area contributed by atoms with E-state index in [9.17, 15) is 4.79 Å². The molecule has 0 radical (unpaired) electrons. The molecular formula is C27H29N3O2. The highest BCUT2D eigenvalue weighted by Crippen LogP contribution is 2.31. The summed E-state index contributed by atoms with van der Waals surface area (Å²) in [7, 11) is 1.75. The monoisotopic (exact) mass is 427 g/mol. The van der Waals surface area contributed by atoms with Crippen LogP contribution in [0.3, 0.4) is 0 Å². The standard InChI is InChI=1S/C27H29N3O2/c1-32-26-9-8-19-4-2-3-5-23(19)24(26)13-16-29-14-11-22(12-15-29)30-17-10-20-6-7-21(27(28)31)18-25(20)30/h2-10,17-18,22H,11-16H2,1H3,(H2,28,31). The van der Waals surface area contributed by atoms with Crippen LogP contribution in [0.25, 0.3) is 21.7 Å². The molecule has 4 aromatic rings. The van der Waals surface area contributed by atoms with Crippen molar-refractivity contribution in [2.24, 2.45) is 5.73 Å². The molecule has 0 spiro atoms. The SMILES string of the molecule is COc1ccc2ccccc2c1CCN1CCC(n2ccc3ccc(C(N)=O)cc32)CC1. The van der Waals surface area contributed by atoms with Gasteiger partial charge in [0.25, 0.3) is 0 Å². The van der Waals surface area contributed by atoms with Crippen LogP contribution in [0.4, 0.5) is 0 Å². The molecule has 1 aliphatic heterocycles. The van der Waals surface area contributed by atoms with Crippen molar-refractivity contribution in [1.29, 1.82) is 0 Å². The lowest BCUT2D eigenvalue weighted by Crippen LogP contribution is -2.35. The number of amides is 1. The molecule has 1 amide bonds. The first kappa shape index (κ1) is 20.6. The number of hydrogen-bond donors (Lipinski definition) is 1. The normalized spacial score (nSPS) is 15.4. The first-order valence-corrected chi connectivity index (χ1v) is 11.3. The van der Waals surface area contributed by atoms with Gasteiger partial charge in [-0.15, -0.1) is 0 Å². The summed E-state index contributed by atoms with van der Waals surface area (Å²) >= 11 is 0. The molecule has 164 valence electrons. The average molecular weight is 428 g/mol. The van der Waals surface area contributed by atoms with Crippen LogP contribution in [0.15, 0.2) is 66.9 Å². The van der Waals surface area contributed by atoms with Crippen molar-refractivity contribution in [2.45, 2.75) is 25.3 Å². The molecular weight excluding hydrogens is 398 g/mol. The van der Waals surface area contributed by atoms with Crippen LogP contribution in [0.5, 0.6) is 5.75 Å². The van der Waals surface area contributed by atoms with Gasteiger partial charge in [-0.1, -0.05) is 36.4 Å². The third kappa shape index (κ3) is 3.84. The van der Waals surface area contributed by atoms with Crippen molar-refractivity contribution in [3.63, 3.8) is 0 Å². The fourth-order valence-corrected chi connectivity index (χ4v) is 5.08. The van der Waals surface area contributed by atoms with Crippen LogP contribution in [0.2, 0.25) is 0 Å². The van der Waals surface area contributed by atoms with E-state index < -0.39 is 0 Å². The van der Waals surface area contributed by atoms with Crippen LogP contribution in [-0.2, 0) is 6.42 Å². The van der Waals surface area contributed by atoms with Gasteiger partial charge in [-0.05, 0) is 59.7 Å². The van der Waals surface area contributed by atoms with E-state index in [-0.39, 0.29) is 5.91 Å². The molecule has 1 fully saturated rings. The molecule has 5 heteroatoms. The number of ether oxygens (including phenoxy) is 1. The van der Waals surface area contributed by atoms with Crippen molar-refractivity contribution in [3.8, 4) is 5.75 Å². The van der Waals surface area contributed by atoms with E-state index >= 15 is 0 Å². The lowest BCUT2D eigenvalue weighted by molar-refractivity contribution is 0.100. The number of primary amides is 1. The molecule has 0 aliphatic carbocycles. The summed E-state index contributed by atoms with van der Waals surface area (Å²) in [5.74, 6) is 0.598. The Bertz CT molecular complexity index is 1270. The van der Waals surface area contributed by atoms with Crippen LogP contribution >= 0.6 is 0 Å². The fourth-order valence-electron chi connectivity index (χ4n) is 5.08. The highest BCUT2D eigenvalue weighted by atomic mass is 16.5. The quantitative estimate of drug-likeness (QED) is 0.482. The summed E-state index contributed by atoms with van der Waals surface area (Å²) < 4.78 is 8.00. The second kappa shape index (κ2) is 8.67. The van der Waals surface area contributed by atoms with Gasteiger partial charge in [-0.2, -0.15) is 0 Å². The maximum atomic E-state index is 11.6. The Hall–Kier alpha value is -3.31. The summed E-state index contributed by atoms with van der Waals surface area (Å²) in [6.07, 6.45) is 5.31. The molecule has 2 heterocycles. The molecule has 1 aromatic heterocycles. The molecule has 0 atom stereocenters. The summed E-state index contributed by atoms with van der Waals surface area (Å²) in [6.45, 7) is 3.15. The molecule has 32 heavy (non-hydrogen) atoms. The number of rotatable bonds is 6. The molecule has 5 rings (SSSR count). The Morgan fingerprint density at radius 1 is 1.03 bits per heavy atom. The van der Waals surface area contributed by atoms with E-state index in [0.29, 0.717) is 11.6 Å². The van der Waals surface area contributed by atoms with Gasteiger partial charge < -0.3 is 19.9 Å². The molecule has 1 saturated heterocycles. The van der Waals surface area contributed by atoms with Gasteiger partial charge in [0.05, 0.1) is 7.11 Å². The van der Waals surface area contributed by atoms with E-state index in [0.717, 1.165) is 55.5 Å². The first-order valence-electron chi connectivity index (χ1n) is 11.3. The Labute approximate surface area is 188 Å². The Kier molecular flexibility index (Phi) is 5.58. The lowest BCUT2D eigenvalue weighted by Gasteiger charge is -2.33. The van der Waals surface area contributed by atoms with Crippen molar-refractivity contribution < 1.29 is 9.53 Å². The highest BCUT2D eigenvalue weighted by molar-refractivity contribution is 5.97. The first-order chi connectivity index (χ1) is 15.6. The Balaban J connectivity index is 1.27. The molecule has 0 saturated carbocycles. The summed E-state index contributed by atoms with van der Waals surface area (Å²) in [4.78, 5) is 14.2. The van der Waals surface area contributed by atoms with E-state index in [4.69, 9.17) is 10.5 Å². The zero-order chi connectivity index (χ0) is 22.1.